The van der Waals surface area contributed by atoms with Crippen LogP contribution in [0.2, 0.25) is 0 Å². The summed E-state index contributed by atoms with van der Waals surface area (Å²) in [6.07, 6.45) is -4.66. The molecule has 0 saturated heterocycles. The van der Waals surface area contributed by atoms with Crippen molar-refractivity contribution in [2.75, 3.05) is 6.54 Å². The summed E-state index contributed by atoms with van der Waals surface area (Å²) in [7, 11) is 0. The Kier molecular flexibility index (Phi) is 2.97. The summed E-state index contributed by atoms with van der Waals surface area (Å²) in [5.41, 5.74) is 5.58. The van der Waals surface area contributed by atoms with Crippen LogP contribution >= 0.6 is 0 Å². The molecule has 0 bridgehead atoms. The lowest BCUT2D eigenvalue weighted by molar-refractivity contribution is -0.132. The van der Waals surface area contributed by atoms with Crippen LogP contribution in [0.3, 0.4) is 0 Å². The number of halogens is 3. The highest BCUT2D eigenvalue weighted by atomic mass is 19.4. The molecule has 0 aliphatic carbocycles. The average molecular weight is 208 g/mol. The number of nitrogens with one attached hydrogen (secondary N) is 1. The second-order valence-electron chi connectivity index (χ2n) is 3.04. The van der Waals surface area contributed by atoms with Crippen LogP contribution < -0.4 is 5.73 Å². The van der Waals surface area contributed by atoms with Crippen LogP contribution in [-0.2, 0) is 0 Å². The van der Waals surface area contributed by atoms with Crippen LogP contribution in [0.5, 0.6) is 0 Å². The molecule has 0 aromatic rings. The van der Waals surface area contributed by atoms with Crippen molar-refractivity contribution in [3.05, 3.63) is 0 Å². The first-order valence-electron chi connectivity index (χ1n) is 4.13. The molecule has 0 saturated carbocycles. The van der Waals surface area contributed by atoms with Crippen molar-refractivity contribution in [1.29, 1.82) is 5.41 Å². The number of rotatable bonds is 2. The zero-order valence-corrected chi connectivity index (χ0v) is 7.43. The first-order chi connectivity index (χ1) is 6.38. The van der Waals surface area contributed by atoms with Crippen molar-refractivity contribution in [1.82, 2.24) is 5.01 Å². The van der Waals surface area contributed by atoms with Crippen molar-refractivity contribution >= 4 is 11.7 Å². The van der Waals surface area contributed by atoms with Crippen LogP contribution in [0.25, 0.3) is 0 Å². The van der Waals surface area contributed by atoms with E-state index in [1.165, 1.54) is 5.01 Å². The number of hydrogen-bond acceptors (Lipinski definition) is 2. The van der Waals surface area contributed by atoms with Gasteiger partial charge in [0.2, 0.25) is 5.96 Å². The van der Waals surface area contributed by atoms with Crippen LogP contribution in [0.15, 0.2) is 5.10 Å². The Morgan fingerprint density at radius 1 is 1.57 bits per heavy atom. The topological polar surface area (TPSA) is 65.5 Å². The minimum absolute atomic E-state index is 0.104. The smallest absolute Gasteiger partial charge is 0.369 e. The molecule has 0 amide bonds. The molecule has 1 heterocycles. The fourth-order valence-corrected chi connectivity index (χ4v) is 1.14. The van der Waals surface area contributed by atoms with Gasteiger partial charge in [-0.05, 0) is 6.42 Å². The predicted octanol–water partition coefficient (Wildman–Crippen LogP) is 1.28. The summed E-state index contributed by atoms with van der Waals surface area (Å²) in [6.45, 7) is 0.405. The van der Waals surface area contributed by atoms with E-state index < -0.39 is 12.6 Å². The molecular formula is C7H11F3N4. The first kappa shape index (κ1) is 10.8. The van der Waals surface area contributed by atoms with Gasteiger partial charge < -0.3 is 5.73 Å². The van der Waals surface area contributed by atoms with Gasteiger partial charge in [0.15, 0.2) is 0 Å². The Morgan fingerprint density at radius 3 is 2.64 bits per heavy atom. The molecule has 0 spiro atoms. The van der Waals surface area contributed by atoms with Gasteiger partial charge in [0.05, 0.1) is 0 Å². The van der Waals surface area contributed by atoms with Gasteiger partial charge in [-0.1, -0.05) is 0 Å². The van der Waals surface area contributed by atoms with E-state index in [1.807, 2.05) is 0 Å². The van der Waals surface area contributed by atoms with E-state index in [0.717, 1.165) is 0 Å². The van der Waals surface area contributed by atoms with Crippen molar-refractivity contribution in [3.63, 3.8) is 0 Å². The Labute approximate surface area is 79.1 Å². The standard InChI is InChI=1S/C7H11F3N4/c8-7(9,10)3-1-5-2-4-14(13-5)6(11)12/h1-4H2,(H3,11,12). The highest BCUT2D eigenvalue weighted by Gasteiger charge is 2.28. The molecule has 0 atom stereocenters. The monoisotopic (exact) mass is 208 g/mol. The third-order valence-electron chi connectivity index (χ3n) is 1.85. The number of nitrogens with two attached hydrogens (primary N) is 1. The average Bonchev–Trinajstić information content (AvgIpc) is 2.47. The van der Waals surface area contributed by atoms with E-state index in [9.17, 15) is 13.2 Å². The Morgan fingerprint density at radius 2 is 2.21 bits per heavy atom. The molecular weight excluding hydrogens is 197 g/mol. The number of guanidine groups is 1. The van der Waals surface area contributed by atoms with Gasteiger partial charge in [0, 0.05) is 25.1 Å². The lowest BCUT2D eigenvalue weighted by atomic mass is 10.1. The maximum absolute atomic E-state index is 11.8. The van der Waals surface area contributed by atoms with E-state index in [0.29, 0.717) is 18.7 Å². The molecule has 7 heteroatoms. The molecule has 0 aromatic carbocycles. The van der Waals surface area contributed by atoms with Crippen LogP contribution in [0.4, 0.5) is 13.2 Å². The van der Waals surface area contributed by atoms with Gasteiger partial charge in [-0.2, -0.15) is 18.3 Å². The van der Waals surface area contributed by atoms with E-state index in [4.69, 9.17) is 11.1 Å². The Balaban J connectivity index is 2.41. The molecule has 0 radical (unpaired) electrons. The second-order valence-corrected chi connectivity index (χ2v) is 3.04. The van der Waals surface area contributed by atoms with Gasteiger partial charge in [-0.25, -0.2) is 5.01 Å². The van der Waals surface area contributed by atoms with E-state index in [-0.39, 0.29) is 12.4 Å². The summed E-state index contributed by atoms with van der Waals surface area (Å²) in [6, 6.07) is 0. The summed E-state index contributed by atoms with van der Waals surface area (Å²) in [5, 5.41) is 12.0. The lowest BCUT2D eigenvalue weighted by Gasteiger charge is -2.08. The zero-order chi connectivity index (χ0) is 10.8. The molecule has 0 aromatic heterocycles. The van der Waals surface area contributed by atoms with Crippen LogP contribution in [0.1, 0.15) is 19.3 Å². The first-order valence-corrected chi connectivity index (χ1v) is 4.13. The SMILES string of the molecule is N=C(N)N1CCC(CCC(F)(F)F)=N1. The maximum Gasteiger partial charge on any atom is 0.389 e. The number of alkyl halides is 3. The fourth-order valence-electron chi connectivity index (χ4n) is 1.14. The van der Waals surface area contributed by atoms with Gasteiger partial charge in [0.25, 0.3) is 0 Å². The molecule has 0 unspecified atom stereocenters. The largest absolute Gasteiger partial charge is 0.389 e. The Bertz CT molecular complexity index is 258. The van der Waals surface area contributed by atoms with E-state index >= 15 is 0 Å². The molecule has 4 nitrogen and oxygen atoms in total. The van der Waals surface area contributed by atoms with Crippen molar-refractivity contribution < 1.29 is 13.2 Å². The highest BCUT2D eigenvalue weighted by molar-refractivity contribution is 5.88. The summed E-state index contributed by atoms with van der Waals surface area (Å²) >= 11 is 0. The third kappa shape index (κ3) is 3.23. The van der Waals surface area contributed by atoms with Crippen LogP contribution in [-0.4, -0.2) is 29.4 Å². The minimum Gasteiger partial charge on any atom is -0.369 e. The quantitative estimate of drug-likeness (QED) is 0.530. The summed E-state index contributed by atoms with van der Waals surface area (Å²) in [5.74, 6) is -0.230. The molecule has 1 aliphatic rings. The molecule has 0 fully saturated rings. The fraction of sp³-hybridized carbons (Fsp3) is 0.714. The summed E-state index contributed by atoms with van der Waals surface area (Å²) in [4.78, 5) is 0. The molecule has 14 heavy (non-hydrogen) atoms. The van der Waals surface area contributed by atoms with E-state index in [2.05, 4.69) is 5.10 Å². The van der Waals surface area contributed by atoms with Gasteiger partial charge in [-0.3, -0.25) is 5.41 Å². The molecule has 3 N–H and O–H groups in total. The molecule has 80 valence electrons. The lowest BCUT2D eigenvalue weighted by Crippen LogP contribution is -2.29. The maximum atomic E-state index is 11.8. The second kappa shape index (κ2) is 3.85. The third-order valence-corrected chi connectivity index (χ3v) is 1.85. The molecule has 1 rings (SSSR count). The summed E-state index contributed by atoms with van der Waals surface area (Å²) < 4.78 is 35.5. The number of hydrazone groups is 1. The number of hydrogen-bond donors (Lipinski definition) is 2. The van der Waals surface area contributed by atoms with Gasteiger partial charge in [0.1, 0.15) is 0 Å². The highest BCUT2D eigenvalue weighted by Crippen LogP contribution is 2.23. The number of nitrogens with zero attached hydrogens (tertiary/aromatic N) is 2. The van der Waals surface area contributed by atoms with E-state index in [1.54, 1.807) is 0 Å². The minimum atomic E-state index is -4.15. The van der Waals surface area contributed by atoms with Gasteiger partial charge in [-0.15, -0.1) is 0 Å². The normalized spacial score (nSPS) is 17.1. The Hall–Kier alpha value is -1.27. The van der Waals surface area contributed by atoms with Gasteiger partial charge >= 0.3 is 6.18 Å². The zero-order valence-electron chi connectivity index (χ0n) is 7.43. The van der Waals surface area contributed by atoms with Crippen LogP contribution in [0, 0.1) is 5.41 Å². The molecule has 1 aliphatic heterocycles. The van der Waals surface area contributed by atoms with Crippen molar-refractivity contribution in [2.45, 2.75) is 25.4 Å². The predicted molar refractivity (Wildman–Crippen MR) is 46.0 cm³/mol. The van der Waals surface area contributed by atoms with Crippen molar-refractivity contribution in [3.8, 4) is 0 Å². The van der Waals surface area contributed by atoms with Crippen molar-refractivity contribution in [2.24, 2.45) is 10.8 Å².